The predicted octanol–water partition coefficient (Wildman–Crippen LogP) is 1.87. The van der Waals surface area contributed by atoms with E-state index in [2.05, 4.69) is 4.74 Å². The Morgan fingerprint density at radius 1 is 1.42 bits per heavy atom. The zero-order valence-corrected chi connectivity index (χ0v) is 9.81. The van der Waals surface area contributed by atoms with Crippen molar-refractivity contribution in [3.05, 3.63) is 24.3 Å². The van der Waals surface area contributed by atoms with Crippen LogP contribution in [0.5, 0.6) is 5.75 Å². The van der Waals surface area contributed by atoms with Gasteiger partial charge in [-0.3, -0.25) is 4.79 Å². The summed E-state index contributed by atoms with van der Waals surface area (Å²) in [5.41, 5.74) is 0.418. The Labute approximate surface area is 107 Å². The van der Waals surface area contributed by atoms with Crippen molar-refractivity contribution in [2.45, 2.75) is 19.0 Å². The lowest BCUT2D eigenvalue weighted by Gasteiger charge is -2.18. The monoisotopic (exact) mass is 271 g/mol. The summed E-state index contributed by atoms with van der Waals surface area (Å²) < 4.78 is 30.0. The third-order valence-corrected chi connectivity index (χ3v) is 2.70. The minimum Gasteiger partial charge on any atom is -0.474 e. The van der Waals surface area contributed by atoms with E-state index in [0.29, 0.717) is 25.1 Å². The van der Waals surface area contributed by atoms with E-state index in [4.69, 9.17) is 5.11 Å². The van der Waals surface area contributed by atoms with Crippen LogP contribution in [0.1, 0.15) is 12.8 Å². The topological polar surface area (TPSA) is 66.8 Å². The second-order valence-corrected chi connectivity index (χ2v) is 4.07. The Balaban J connectivity index is 2.20. The Morgan fingerprint density at radius 2 is 2.16 bits per heavy atom. The van der Waals surface area contributed by atoms with Crippen molar-refractivity contribution in [2.24, 2.45) is 0 Å². The summed E-state index contributed by atoms with van der Waals surface area (Å²) in [6.07, 6.45) is -3.18. The highest BCUT2D eigenvalue weighted by Gasteiger charge is 2.42. The second-order valence-electron chi connectivity index (χ2n) is 4.07. The van der Waals surface area contributed by atoms with Crippen molar-refractivity contribution in [1.29, 1.82) is 0 Å². The van der Waals surface area contributed by atoms with Gasteiger partial charge in [-0.05, 0) is 18.6 Å². The second kappa shape index (κ2) is 4.83. The fourth-order valence-corrected chi connectivity index (χ4v) is 1.83. The van der Waals surface area contributed by atoms with E-state index in [1.807, 2.05) is 0 Å². The zero-order valence-electron chi connectivity index (χ0n) is 9.81. The van der Waals surface area contributed by atoms with E-state index in [9.17, 15) is 18.4 Å². The highest BCUT2D eigenvalue weighted by molar-refractivity contribution is 5.95. The van der Waals surface area contributed by atoms with E-state index in [-0.39, 0.29) is 11.7 Å². The lowest BCUT2D eigenvalue weighted by Crippen LogP contribution is -2.34. The smallest absolute Gasteiger partial charge is 0.474 e. The molecule has 5 nitrogen and oxygen atoms in total. The van der Waals surface area contributed by atoms with Crippen LogP contribution in [-0.4, -0.2) is 29.6 Å². The number of nitrogens with zero attached hydrogens (tertiary/aromatic N) is 1. The van der Waals surface area contributed by atoms with Gasteiger partial charge in [0.2, 0.25) is 5.91 Å². The number of alkyl halides is 2. The minimum absolute atomic E-state index is 0.0952. The van der Waals surface area contributed by atoms with Crippen molar-refractivity contribution in [3.63, 3.8) is 0 Å². The molecule has 1 amide bonds. The number of anilines is 1. The van der Waals surface area contributed by atoms with E-state index in [1.54, 1.807) is 6.07 Å². The summed E-state index contributed by atoms with van der Waals surface area (Å²) in [7, 11) is 0. The highest BCUT2D eigenvalue weighted by Crippen LogP contribution is 2.28. The number of aliphatic carboxylic acids is 1. The van der Waals surface area contributed by atoms with Gasteiger partial charge in [0.1, 0.15) is 5.75 Å². The van der Waals surface area contributed by atoms with Gasteiger partial charge in [-0.2, -0.15) is 8.78 Å². The fraction of sp³-hybridized carbons (Fsp3) is 0.333. The summed E-state index contributed by atoms with van der Waals surface area (Å²) in [6.45, 7) is 0.512. The van der Waals surface area contributed by atoms with Gasteiger partial charge in [0.05, 0.1) is 0 Å². The van der Waals surface area contributed by atoms with Gasteiger partial charge in [0.15, 0.2) is 0 Å². The Morgan fingerprint density at radius 3 is 2.74 bits per heavy atom. The average Bonchev–Trinajstić information content (AvgIpc) is 2.75. The van der Waals surface area contributed by atoms with Gasteiger partial charge in [-0.15, -0.1) is 0 Å². The SMILES string of the molecule is O=C1CCCN1c1cccc(OC(F)(F)C(=O)O)c1. The lowest BCUT2D eigenvalue weighted by molar-refractivity contribution is -0.210. The first kappa shape index (κ1) is 13.3. The minimum atomic E-state index is -4.30. The molecule has 1 heterocycles. The molecule has 0 bridgehead atoms. The molecule has 2 rings (SSSR count). The van der Waals surface area contributed by atoms with Crippen LogP contribution in [0, 0.1) is 0 Å². The molecule has 0 radical (unpaired) electrons. The van der Waals surface area contributed by atoms with E-state index < -0.39 is 12.1 Å². The fourth-order valence-electron chi connectivity index (χ4n) is 1.83. The van der Waals surface area contributed by atoms with Gasteiger partial charge < -0.3 is 14.7 Å². The summed E-state index contributed by atoms with van der Waals surface area (Å²) in [4.78, 5) is 23.3. The van der Waals surface area contributed by atoms with E-state index in [1.165, 1.54) is 23.1 Å². The first-order chi connectivity index (χ1) is 8.90. The molecule has 1 aliphatic heterocycles. The van der Waals surface area contributed by atoms with Gasteiger partial charge in [-0.25, -0.2) is 4.79 Å². The molecule has 1 aromatic rings. The molecule has 0 atom stereocenters. The summed E-state index contributed by atoms with van der Waals surface area (Å²) >= 11 is 0. The number of amides is 1. The van der Waals surface area contributed by atoms with Gasteiger partial charge >= 0.3 is 12.1 Å². The summed E-state index contributed by atoms with van der Waals surface area (Å²) in [6, 6.07) is 5.43. The Kier molecular flexibility index (Phi) is 3.37. The van der Waals surface area contributed by atoms with Crippen LogP contribution in [0.3, 0.4) is 0 Å². The molecule has 0 aliphatic carbocycles. The number of carboxylic acids is 1. The molecular formula is C12H11F2NO4. The van der Waals surface area contributed by atoms with Crippen molar-refractivity contribution < 1.29 is 28.2 Å². The van der Waals surface area contributed by atoms with Crippen molar-refractivity contribution in [1.82, 2.24) is 0 Å². The maximum atomic E-state index is 12.9. The molecule has 0 unspecified atom stereocenters. The third-order valence-electron chi connectivity index (χ3n) is 2.70. The molecule has 1 N–H and O–H groups in total. The maximum Gasteiger partial charge on any atom is 0.501 e. The van der Waals surface area contributed by atoms with Crippen LogP contribution in [-0.2, 0) is 9.59 Å². The highest BCUT2D eigenvalue weighted by atomic mass is 19.3. The van der Waals surface area contributed by atoms with Crippen molar-refractivity contribution >= 4 is 17.6 Å². The normalized spacial score (nSPS) is 15.7. The molecule has 102 valence electrons. The number of benzene rings is 1. The van der Waals surface area contributed by atoms with Gasteiger partial charge in [-0.1, -0.05) is 6.07 Å². The number of hydrogen-bond acceptors (Lipinski definition) is 3. The molecule has 0 saturated carbocycles. The molecule has 0 aromatic heterocycles. The maximum absolute atomic E-state index is 12.9. The van der Waals surface area contributed by atoms with Crippen LogP contribution in [0.4, 0.5) is 14.5 Å². The number of hydrogen-bond donors (Lipinski definition) is 1. The molecule has 0 spiro atoms. The first-order valence-corrected chi connectivity index (χ1v) is 5.61. The Bertz CT molecular complexity index is 518. The van der Waals surface area contributed by atoms with Crippen LogP contribution in [0.25, 0.3) is 0 Å². The standard InChI is InChI=1S/C12H11F2NO4/c13-12(14,11(17)18)19-9-4-1-3-8(7-9)15-6-2-5-10(15)16/h1,3-4,7H,2,5-6H2,(H,17,18). The number of carboxylic acid groups (broad SMARTS) is 1. The number of carbonyl (C=O) groups excluding carboxylic acids is 1. The average molecular weight is 271 g/mol. The molecule has 1 aromatic carbocycles. The molecule has 1 aliphatic rings. The number of rotatable bonds is 4. The summed E-state index contributed by atoms with van der Waals surface area (Å²) in [5, 5.41) is 8.29. The third kappa shape index (κ3) is 2.81. The molecule has 7 heteroatoms. The Hall–Kier alpha value is -2.18. The van der Waals surface area contributed by atoms with Gasteiger partial charge in [0.25, 0.3) is 0 Å². The predicted molar refractivity (Wildman–Crippen MR) is 61.2 cm³/mol. The number of halogens is 2. The summed E-state index contributed by atoms with van der Waals surface area (Å²) in [5.74, 6) is -2.76. The van der Waals surface area contributed by atoms with Crippen LogP contribution in [0.15, 0.2) is 24.3 Å². The molecule has 1 fully saturated rings. The molecule has 1 saturated heterocycles. The van der Waals surface area contributed by atoms with E-state index >= 15 is 0 Å². The number of ether oxygens (including phenoxy) is 1. The lowest BCUT2D eigenvalue weighted by atomic mass is 10.3. The van der Waals surface area contributed by atoms with Crippen molar-refractivity contribution in [3.8, 4) is 5.75 Å². The molecule has 19 heavy (non-hydrogen) atoms. The van der Waals surface area contributed by atoms with Crippen LogP contribution < -0.4 is 9.64 Å². The van der Waals surface area contributed by atoms with Crippen LogP contribution >= 0.6 is 0 Å². The van der Waals surface area contributed by atoms with Crippen molar-refractivity contribution in [2.75, 3.05) is 11.4 Å². The quantitative estimate of drug-likeness (QED) is 0.907. The zero-order chi connectivity index (χ0) is 14.0. The largest absolute Gasteiger partial charge is 0.501 e. The number of carbonyl (C=O) groups is 2. The van der Waals surface area contributed by atoms with Gasteiger partial charge in [0, 0.05) is 24.7 Å². The van der Waals surface area contributed by atoms with E-state index in [0.717, 1.165) is 0 Å². The van der Waals surface area contributed by atoms with Crippen LogP contribution in [0.2, 0.25) is 0 Å². The first-order valence-electron chi connectivity index (χ1n) is 5.61. The molecular weight excluding hydrogens is 260 g/mol.